The van der Waals surface area contributed by atoms with Crippen LogP contribution in [0.3, 0.4) is 0 Å². The van der Waals surface area contributed by atoms with Crippen molar-refractivity contribution in [1.82, 2.24) is 0 Å². The molecule has 0 amide bonds. The van der Waals surface area contributed by atoms with Gasteiger partial charge in [-0.1, -0.05) is 0 Å². The number of hydrogen-bond acceptors (Lipinski definition) is 2. The van der Waals surface area contributed by atoms with Crippen molar-refractivity contribution in [3.05, 3.63) is 10.1 Å². The molecule has 1 radical (unpaired) electrons. The number of unbranched alkanes of at least 4 members (excludes halogenated alkanes) is 2. The van der Waals surface area contributed by atoms with E-state index in [1.54, 1.807) is 0 Å². The average molecular weight is 132 g/mol. The maximum Gasteiger partial charge on any atom is 0.203 e. The van der Waals surface area contributed by atoms with Gasteiger partial charge in [0.1, 0.15) is 0 Å². The minimum Gasteiger partial charge on any atom is -0.265 e. The van der Waals surface area contributed by atoms with Crippen LogP contribution in [0.5, 0.6) is 0 Å². The zero-order chi connectivity index (χ0) is 7.11. The van der Waals surface area contributed by atoms with Crippen molar-refractivity contribution in [2.24, 2.45) is 0 Å². The van der Waals surface area contributed by atoms with Crippen LogP contribution in [0.15, 0.2) is 0 Å². The predicted octanol–water partition coefficient (Wildman–Crippen LogP) is 0.864. The van der Waals surface area contributed by atoms with Gasteiger partial charge in [0, 0.05) is 11.3 Å². The van der Waals surface area contributed by atoms with Crippen molar-refractivity contribution in [1.29, 1.82) is 0 Å². The molecule has 0 fully saturated rings. The highest BCUT2D eigenvalue weighted by Crippen LogP contribution is 1.93. The summed E-state index contributed by atoms with van der Waals surface area (Å²) in [5.41, 5.74) is 0. The van der Waals surface area contributed by atoms with Crippen LogP contribution >= 0.6 is 0 Å². The normalized spacial score (nSPS) is 9.44. The Labute approximate surface area is 53.6 Å². The number of rotatable bonds is 5. The molecule has 0 heterocycles. The lowest BCUT2D eigenvalue weighted by Crippen LogP contribution is -1.99. The summed E-state index contributed by atoms with van der Waals surface area (Å²) in [5.74, 6) is 0. The van der Waals surface area contributed by atoms with Gasteiger partial charge in [0.25, 0.3) is 0 Å². The van der Waals surface area contributed by atoms with Crippen molar-refractivity contribution in [2.75, 3.05) is 13.2 Å². The molecule has 0 aliphatic carbocycles. The maximum atomic E-state index is 9.80. The largest absolute Gasteiger partial charge is 0.265 e. The number of nitrogens with zero attached hydrogens (tertiary/aromatic N) is 1. The molecule has 0 bridgehead atoms. The smallest absolute Gasteiger partial charge is 0.203 e. The molecule has 0 saturated heterocycles. The molecular formula is C5H10NO3. The lowest BCUT2D eigenvalue weighted by Gasteiger charge is -1.90. The van der Waals surface area contributed by atoms with Crippen LogP contribution in [0.4, 0.5) is 0 Å². The number of hydrogen-bond donors (Lipinski definition) is 0. The molecule has 0 atom stereocenters. The third-order valence-corrected chi connectivity index (χ3v) is 0.985. The molecule has 0 aliphatic rings. The van der Waals surface area contributed by atoms with E-state index in [9.17, 15) is 15.2 Å². The summed E-state index contributed by atoms with van der Waals surface area (Å²) < 4.78 is 0. The van der Waals surface area contributed by atoms with Crippen molar-refractivity contribution in [3.63, 3.8) is 0 Å². The summed E-state index contributed by atoms with van der Waals surface area (Å²) in [5, 5.41) is 19.5. The minimum atomic E-state index is -0.356. The second kappa shape index (κ2) is 5.50. The van der Waals surface area contributed by atoms with Gasteiger partial charge in [0.15, 0.2) is 0 Å². The van der Waals surface area contributed by atoms with Crippen molar-refractivity contribution < 1.29 is 10.0 Å². The van der Waals surface area contributed by atoms with Gasteiger partial charge in [0.2, 0.25) is 6.54 Å². The van der Waals surface area contributed by atoms with Crippen molar-refractivity contribution >= 4 is 0 Å². The highest BCUT2D eigenvalue weighted by Gasteiger charge is 1.94. The molecule has 4 heteroatoms. The molecule has 9 heavy (non-hydrogen) atoms. The lowest BCUT2D eigenvalue weighted by molar-refractivity contribution is -0.480. The first-order valence-electron chi connectivity index (χ1n) is 2.97. The molecule has 0 aromatic carbocycles. The van der Waals surface area contributed by atoms with E-state index in [2.05, 4.69) is 0 Å². The lowest BCUT2D eigenvalue weighted by atomic mass is 10.2. The van der Waals surface area contributed by atoms with Gasteiger partial charge >= 0.3 is 0 Å². The predicted molar refractivity (Wildman–Crippen MR) is 31.3 cm³/mol. The van der Waals surface area contributed by atoms with Gasteiger partial charge in [-0.2, -0.15) is 0 Å². The molecule has 0 aliphatic heterocycles. The Morgan fingerprint density at radius 1 is 1.22 bits per heavy atom. The third-order valence-electron chi connectivity index (χ3n) is 0.985. The monoisotopic (exact) mass is 132 g/mol. The average Bonchev–Trinajstić information content (AvgIpc) is 1.80. The molecule has 0 aromatic heterocycles. The summed E-state index contributed by atoms with van der Waals surface area (Å²) in [6.45, 7) is -0.113. The topological polar surface area (TPSA) is 63.0 Å². The number of nitro groups is 1. The van der Waals surface area contributed by atoms with Crippen LogP contribution in [-0.4, -0.2) is 18.1 Å². The standard InChI is InChI=1S/C5H10NO3/c7-5-3-1-2-4-6(8)9/h1-5H2. The Kier molecular flexibility index (Phi) is 5.11. The molecule has 0 rings (SSSR count). The van der Waals surface area contributed by atoms with Crippen LogP contribution in [0.25, 0.3) is 0 Å². The molecule has 53 valence electrons. The summed E-state index contributed by atoms with van der Waals surface area (Å²) >= 11 is 0. The first kappa shape index (κ1) is 8.36. The molecule has 0 spiro atoms. The van der Waals surface area contributed by atoms with Crippen LogP contribution in [0.1, 0.15) is 19.3 Å². The Bertz CT molecular complexity index is 84.3. The first-order chi connectivity index (χ1) is 4.27. The quantitative estimate of drug-likeness (QED) is 0.316. The maximum absolute atomic E-state index is 9.80. The third kappa shape index (κ3) is 7.36. The van der Waals surface area contributed by atoms with E-state index in [0.717, 1.165) is 0 Å². The van der Waals surface area contributed by atoms with Crippen molar-refractivity contribution in [2.45, 2.75) is 19.3 Å². The van der Waals surface area contributed by atoms with Crippen LogP contribution in [0.2, 0.25) is 0 Å². The van der Waals surface area contributed by atoms with Crippen LogP contribution < -0.4 is 0 Å². The van der Waals surface area contributed by atoms with E-state index in [1.807, 2.05) is 0 Å². The summed E-state index contributed by atoms with van der Waals surface area (Å²) in [6.07, 6.45) is 1.79. The van der Waals surface area contributed by atoms with Gasteiger partial charge in [-0.15, -0.1) is 0 Å². The molecule has 4 nitrogen and oxygen atoms in total. The van der Waals surface area contributed by atoms with Gasteiger partial charge < -0.3 is 0 Å². The Morgan fingerprint density at radius 3 is 2.33 bits per heavy atom. The van der Waals surface area contributed by atoms with E-state index in [1.165, 1.54) is 0 Å². The van der Waals surface area contributed by atoms with E-state index < -0.39 is 0 Å². The minimum absolute atomic E-state index is 0. The Morgan fingerprint density at radius 2 is 1.89 bits per heavy atom. The molecule has 0 N–H and O–H groups in total. The van der Waals surface area contributed by atoms with Gasteiger partial charge in [-0.3, -0.25) is 10.1 Å². The van der Waals surface area contributed by atoms with Crippen LogP contribution in [-0.2, 0) is 5.11 Å². The van der Waals surface area contributed by atoms with Gasteiger partial charge in [-0.05, 0) is 12.8 Å². The molecule has 0 aromatic rings. The summed E-state index contributed by atoms with van der Waals surface area (Å²) in [4.78, 5) is 9.33. The highest BCUT2D eigenvalue weighted by molar-refractivity contribution is 4.37. The second-order valence-electron chi connectivity index (χ2n) is 1.82. The second-order valence-corrected chi connectivity index (χ2v) is 1.82. The van der Waals surface area contributed by atoms with Gasteiger partial charge in [0.05, 0.1) is 6.61 Å². The molecule has 0 unspecified atom stereocenters. The molecular weight excluding hydrogens is 122 g/mol. The Balaban J connectivity index is 2.83. The Hall–Kier alpha value is -0.640. The summed E-state index contributed by atoms with van der Waals surface area (Å²) in [6, 6.07) is 0. The zero-order valence-corrected chi connectivity index (χ0v) is 5.21. The van der Waals surface area contributed by atoms with Crippen molar-refractivity contribution in [3.8, 4) is 0 Å². The van der Waals surface area contributed by atoms with Crippen LogP contribution in [0, 0.1) is 10.1 Å². The fourth-order valence-electron chi connectivity index (χ4n) is 0.520. The fraction of sp³-hybridized carbons (Fsp3) is 1.00. The van der Waals surface area contributed by atoms with E-state index in [-0.39, 0.29) is 18.1 Å². The van der Waals surface area contributed by atoms with E-state index >= 15 is 0 Å². The van der Waals surface area contributed by atoms with E-state index in [0.29, 0.717) is 19.3 Å². The molecule has 0 saturated carbocycles. The highest BCUT2D eigenvalue weighted by atomic mass is 16.6. The van der Waals surface area contributed by atoms with E-state index in [4.69, 9.17) is 0 Å². The fourth-order valence-corrected chi connectivity index (χ4v) is 0.520. The first-order valence-corrected chi connectivity index (χ1v) is 2.97. The SMILES string of the molecule is [O]CCCCC[N+](=O)[O-]. The zero-order valence-electron chi connectivity index (χ0n) is 5.21. The summed E-state index contributed by atoms with van der Waals surface area (Å²) in [7, 11) is 0. The van der Waals surface area contributed by atoms with Gasteiger partial charge in [-0.25, -0.2) is 5.11 Å².